The number of anilines is 2. The predicted molar refractivity (Wildman–Crippen MR) is 89.4 cm³/mol. The molecule has 1 aromatic rings. The van der Waals surface area contributed by atoms with Crippen LogP contribution in [0.3, 0.4) is 0 Å². The number of rotatable bonds is 5. The van der Waals surface area contributed by atoms with Gasteiger partial charge in [0.15, 0.2) is 0 Å². The zero-order valence-electron chi connectivity index (χ0n) is 13.0. The molecule has 1 saturated heterocycles. The van der Waals surface area contributed by atoms with Crippen molar-refractivity contribution < 1.29 is 9.59 Å². The number of carbonyl (C=O) groups is 2. The van der Waals surface area contributed by atoms with E-state index in [4.69, 9.17) is 11.6 Å². The zero-order valence-corrected chi connectivity index (χ0v) is 13.8. The lowest BCUT2D eigenvalue weighted by Crippen LogP contribution is -2.49. The molecular formula is C16H22ClN3O2. The van der Waals surface area contributed by atoms with Crippen molar-refractivity contribution in [3.63, 3.8) is 0 Å². The van der Waals surface area contributed by atoms with Crippen LogP contribution in [0.5, 0.6) is 0 Å². The van der Waals surface area contributed by atoms with Crippen molar-refractivity contribution in [3.05, 3.63) is 23.2 Å². The molecule has 0 spiro atoms. The third-order valence-electron chi connectivity index (χ3n) is 3.73. The highest BCUT2D eigenvalue weighted by atomic mass is 35.5. The molecule has 0 atom stereocenters. The Bertz CT molecular complexity index is 540. The van der Waals surface area contributed by atoms with E-state index >= 15 is 0 Å². The molecule has 1 fully saturated rings. The lowest BCUT2D eigenvalue weighted by atomic mass is 10.1. The van der Waals surface area contributed by atoms with Gasteiger partial charge in [-0.3, -0.25) is 9.59 Å². The average molecular weight is 324 g/mol. The summed E-state index contributed by atoms with van der Waals surface area (Å²) in [5.74, 6) is 0.599. The van der Waals surface area contributed by atoms with Gasteiger partial charge in [0.25, 0.3) is 0 Å². The minimum atomic E-state index is 0.219. The van der Waals surface area contributed by atoms with Crippen molar-refractivity contribution in [3.8, 4) is 0 Å². The van der Waals surface area contributed by atoms with Gasteiger partial charge >= 0.3 is 0 Å². The first kappa shape index (κ1) is 16.6. The summed E-state index contributed by atoms with van der Waals surface area (Å²) in [5, 5.41) is 3.27. The van der Waals surface area contributed by atoms with Crippen molar-refractivity contribution in [2.45, 2.75) is 20.3 Å². The molecule has 22 heavy (non-hydrogen) atoms. The van der Waals surface area contributed by atoms with Gasteiger partial charge in [-0.25, -0.2) is 0 Å². The second kappa shape index (κ2) is 7.49. The number of amides is 2. The Morgan fingerprint density at radius 2 is 2.00 bits per heavy atom. The van der Waals surface area contributed by atoms with Crippen LogP contribution in [0.1, 0.15) is 20.3 Å². The average Bonchev–Trinajstić information content (AvgIpc) is 2.47. The van der Waals surface area contributed by atoms with E-state index in [0.717, 1.165) is 18.8 Å². The van der Waals surface area contributed by atoms with Crippen LogP contribution in [0.15, 0.2) is 18.2 Å². The summed E-state index contributed by atoms with van der Waals surface area (Å²) in [6, 6.07) is 5.45. The van der Waals surface area contributed by atoms with Crippen LogP contribution in [0.25, 0.3) is 0 Å². The van der Waals surface area contributed by atoms with Crippen molar-refractivity contribution in [2.75, 3.05) is 36.4 Å². The second-order valence-electron chi connectivity index (χ2n) is 5.89. The Labute approximate surface area is 136 Å². The van der Waals surface area contributed by atoms with E-state index in [9.17, 15) is 9.59 Å². The number of halogens is 1. The van der Waals surface area contributed by atoms with E-state index in [2.05, 4.69) is 24.1 Å². The van der Waals surface area contributed by atoms with Crippen LogP contribution in [-0.2, 0) is 9.59 Å². The number of hydrogen-bond acceptors (Lipinski definition) is 3. The molecule has 6 heteroatoms. The first-order chi connectivity index (χ1) is 10.5. The Hall–Kier alpha value is -1.75. The largest absolute Gasteiger partial charge is 0.366 e. The molecular weight excluding hydrogens is 302 g/mol. The Balaban J connectivity index is 2.02. The van der Waals surface area contributed by atoms with Crippen LogP contribution >= 0.6 is 11.6 Å². The number of nitrogens with one attached hydrogen (secondary N) is 1. The maximum Gasteiger partial charge on any atom is 0.222 e. The van der Waals surface area contributed by atoms with Crippen molar-refractivity contribution in [1.82, 2.24) is 4.90 Å². The number of hydrogen-bond donors (Lipinski definition) is 1. The van der Waals surface area contributed by atoms with Gasteiger partial charge in [0.1, 0.15) is 0 Å². The van der Waals surface area contributed by atoms with E-state index in [0.29, 0.717) is 42.5 Å². The molecule has 120 valence electrons. The van der Waals surface area contributed by atoms with Crippen LogP contribution in [0.4, 0.5) is 11.4 Å². The lowest BCUT2D eigenvalue weighted by Gasteiger charge is -2.37. The number of carbonyl (C=O) groups excluding carboxylic acids is 2. The Morgan fingerprint density at radius 3 is 2.59 bits per heavy atom. The normalized spacial score (nSPS) is 15.1. The molecule has 5 nitrogen and oxygen atoms in total. The van der Waals surface area contributed by atoms with Gasteiger partial charge in [-0.15, -0.1) is 0 Å². The fourth-order valence-electron chi connectivity index (χ4n) is 2.64. The second-order valence-corrected chi connectivity index (χ2v) is 6.33. The third-order valence-corrected chi connectivity index (χ3v) is 3.96. The van der Waals surface area contributed by atoms with Gasteiger partial charge in [-0.05, 0) is 24.1 Å². The van der Waals surface area contributed by atoms with Crippen molar-refractivity contribution in [2.24, 2.45) is 5.92 Å². The van der Waals surface area contributed by atoms with Gasteiger partial charge < -0.3 is 15.1 Å². The van der Waals surface area contributed by atoms with Crippen LogP contribution in [-0.4, -0.2) is 43.4 Å². The molecule has 1 heterocycles. The van der Waals surface area contributed by atoms with E-state index in [-0.39, 0.29) is 5.91 Å². The first-order valence-electron chi connectivity index (χ1n) is 7.53. The van der Waals surface area contributed by atoms with Gasteiger partial charge in [0, 0.05) is 37.6 Å². The molecule has 0 radical (unpaired) electrons. The predicted octanol–water partition coefficient (Wildman–Crippen LogP) is 2.60. The van der Waals surface area contributed by atoms with Crippen LogP contribution in [0.2, 0.25) is 5.02 Å². The van der Waals surface area contributed by atoms with Crippen molar-refractivity contribution >= 4 is 35.3 Å². The Kier molecular flexibility index (Phi) is 5.66. The number of benzene rings is 1. The first-order valence-corrected chi connectivity index (χ1v) is 7.91. The molecule has 0 aromatic heterocycles. The minimum absolute atomic E-state index is 0.219. The highest BCUT2D eigenvalue weighted by Gasteiger charge is 2.23. The summed E-state index contributed by atoms with van der Waals surface area (Å²) in [6.07, 6.45) is 1.25. The quantitative estimate of drug-likeness (QED) is 0.847. The fourth-order valence-corrected chi connectivity index (χ4v) is 2.81. The van der Waals surface area contributed by atoms with Gasteiger partial charge in [-0.1, -0.05) is 25.4 Å². The van der Waals surface area contributed by atoms with Gasteiger partial charge in [0.2, 0.25) is 12.3 Å². The van der Waals surface area contributed by atoms with E-state index < -0.39 is 0 Å². The number of nitrogens with zero attached hydrogens (tertiary/aromatic N) is 2. The molecule has 0 bridgehead atoms. The van der Waals surface area contributed by atoms with Gasteiger partial charge in [0.05, 0.1) is 11.4 Å². The molecule has 0 unspecified atom stereocenters. The minimum Gasteiger partial charge on any atom is -0.366 e. The summed E-state index contributed by atoms with van der Waals surface area (Å²) in [7, 11) is 0. The SMILES string of the molecule is CC(C)CC(=O)N1CCN(c2ccc(Cl)cc2NC=O)CC1. The third kappa shape index (κ3) is 4.13. The Morgan fingerprint density at radius 1 is 1.32 bits per heavy atom. The van der Waals surface area contributed by atoms with Crippen LogP contribution in [0, 0.1) is 5.92 Å². The molecule has 1 aromatic carbocycles. The van der Waals surface area contributed by atoms with E-state index in [1.165, 1.54) is 0 Å². The topological polar surface area (TPSA) is 52.7 Å². The monoisotopic (exact) mass is 323 g/mol. The lowest BCUT2D eigenvalue weighted by molar-refractivity contribution is -0.132. The highest BCUT2D eigenvalue weighted by molar-refractivity contribution is 6.31. The maximum absolute atomic E-state index is 12.1. The maximum atomic E-state index is 12.1. The molecule has 2 amide bonds. The summed E-state index contributed by atoms with van der Waals surface area (Å²) in [4.78, 5) is 26.9. The zero-order chi connectivity index (χ0) is 16.1. The van der Waals surface area contributed by atoms with Gasteiger partial charge in [-0.2, -0.15) is 0 Å². The number of piperazine rings is 1. The smallest absolute Gasteiger partial charge is 0.222 e. The highest BCUT2D eigenvalue weighted by Crippen LogP contribution is 2.29. The summed E-state index contributed by atoms with van der Waals surface area (Å²) < 4.78 is 0. The summed E-state index contributed by atoms with van der Waals surface area (Å²) in [6.45, 7) is 7.01. The molecule has 2 rings (SSSR count). The molecule has 1 N–H and O–H groups in total. The van der Waals surface area contributed by atoms with Crippen molar-refractivity contribution in [1.29, 1.82) is 0 Å². The molecule has 1 aliphatic rings. The molecule has 1 aliphatic heterocycles. The molecule has 0 saturated carbocycles. The van der Waals surface area contributed by atoms with E-state index in [1.54, 1.807) is 6.07 Å². The van der Waals surface area contributed by atoms with Crippen LogP contribution < -0.4 is 10.2 Å². The van der Waals surface area contributed by atoms with E-state index in [1.807, 2.05) is 17.0 Å². The standard InChI is InChI=1S/C16H22ClN3O2/c1-12(2)9-16(22)20-7-5-19(6-8-20)15-4-3-13(17)10-14(15)18-11-21/h3-4,10-12H,5-9H2,1-2H3,(H,18,21). The molecule has 0 aliphatic carbocycles. The summed E-state index contributed by atoms with van der Waals surface area (Å²) in [5.41, 5.74) is 1.64. The summed E-state index contributed by atoms with van der Waals surface area (Å²) >= 11 is 5.98. The fraction of sp³-hybridized carbons (Fsp3) is 0.500.